The molecule has 0 unspecified atom stereocenters. The Morgan fingerprint density at radius 3 is 2.26 bits per heavy atom. The van der Waals surface area contributed by atoms with E-state index in [0.717, 1.165) is 23.1 Å². The van der Waals surface area contributed by atoms with Gasteiger partial charge in [0.15, 0.2) is 6.61 Å². The smallest absolute Gasteiger partial charge is 0.261 e. The molecule has 0 aliphatic rings. The lowest BCUT2D eigenvalue weighted by Crippen LogP contribution is -2.51. The molecule has 6 heteroatoms. The first-order valence-corrected chi connectivity index (χ1v) is 11.9. The predicted molar refractivity (Wildman–Crippen MR) is 137 cm³/mol. The number of nitrogens with zero attached hydrogens (tertiary/aromatic N) is 1. The molecule has 6 nitrogen and oxygen atoms in total. The van der Waals surface area contributed by atoms with E-state index in [0.29, 0.717) is 31.0 Å². The number of nitrogens with one attached hydrogen (secondary N) is 1. The second-order valence-corrected chi connectivity index (χ2v) is 8.47. The third-order valence-corrected chi connectivity index (χ3v) is 5.68. The van der Waals surface area contributed by atoms with Crippen molar-refractivity contribution < 1.29 is 19.1 Å². The van der Waals surface area contributed by atoms with Crippen molar-refractivity contribution in [3.05, 3.63) is 95.6 Å². The zero-order valence-corrected chi connectivity index (χ0v) is 20.7. The summed E-state index contributed by atoms with van der Waals surface area (Å²) in [5.74, 6) is 0.848. The van der Waals surface area contributed by atoms with Crippen molar-refractivity contribution in [2.75, 3.05) is 20.3 Å². The van der Waals surface area contributed by atoms with Crippen LogP contribution in [-0.4, -0.2) is 43.0 Å². The maximum absolute atomic E-state index is 13.5. The summed E-state index contributed by atoms with van der Waals surface area (Å²) in [5.41, 5.74) is 3.05. The second-order valence-electron chi connectivity index (χ2n) is 8.47. The van der Waals surface area contributed by atoms with Crippen molar-refractivity contribution in [1.82, 2.24) is 10.2 Å². The van der Waals surface area contributed by atoms with Crippen LogP contribution < -0.4 is 14.8 Å². The molecule has 2 amide bonds. The molecule has 3 rings (SSSR count). The van der Waals surface area contributed by atoms with Crippen LogP contribution in [0.2, 0.25) is 0 Å². The molecule has 0 radical (unpaired) electrons. The molecular weight excluding hydrogens is 440 g/mol. The first-order valence-electron chi connectivity index (χ1n) is 11.9. The Morgan fingerprint density at radius 2 is 1.60 bits per heavy atom. The molecule has 0 saturated carbocycles. The van der Waals surface area contributed by atoms with Crippen LogP contribution >= 0.6 is 0 Å². The number of hydrogen-bond acceptors (Lipinski definition) is 4. The topological polar surface area (TPSA) is 67.9 Å². The SMILES string of the molecule is CCCNC(=O)[C@H](Cc1ccccc1)N(Cc1cccc(C)c1)C(=O)COc1ccc(OC)cc1. The van der Waals surface area contributed by atoms with Crippen LogP contribution in [0.15, 0.2) is 78.9 Å². The van der Waals surface area contributed by atoms with Crippen molar-refractivity contribution in [3.63, 3.8) is 0 Å². The van der Waals surface area contributed by atoms with Gasteiger partial charge in [0.1, 0.15) is 17.5 Å². The summed E-state index contributed by atoms with van der Waals surface area (Å²) in [6.07, 6.45) is 1.23. The minimum Gasteiger partial charge on any atom is -0.497 e. The lowest BCUT2D eigenvalue weighted by molar-refractivity contribution is -0.142. The summed E-state index contributed by atoms with van der Waals surface area (Å²) in [6, 6.07) is 24.2. The quantitative estimate of drug-likeness (QED) is 0.418. The first-order chi connectivity index (χ1) is 17.0. The van der Waals surface area contributed by atoms with Crippen molar-refractivity contribution in [2.24, 2.45) is 0 Å². The maximum atomic E-state index is 13.5. The normalized spacial score (nSPS) is 11.4. The third-order valence-electron chi connectivity index (χ3n) is 5.68. The van der Waals surface area contributed by atoms with Gasteiger partial charge in [-0.05, 0) is 48.7 Å². The van der Waals surface area contributed by atoms with Crippen LogP contribution in [0.5, 0.6) is 11.5 Å². The molecule has 0 aromatic heterocycles. The summed E-state index contributed by atoms with van der Waals surface area (Å²) in [6.45, 7) is 4.70. The molecule has 0 fully saturated rings. The minimum absolute atomic E-state index is 0.166. The van der Waals surface area contributed by atoms with E-state index in [1.165, 1.54) is 0 Å². The first kappa shape index (κ1) is 25.8. The minimum atomic E-state index is -0.670. The molecular formula is C29H34N2O4. The number of carbonyl (C=O) groups excluding carboxylic acids is 2. The highest BCUT2D eigenvalue weighted by Gasteiger charge is 2.30. The number of methoxy groups -OCH3 is 1. The van der Waals surface area contributed by atoms with Crippen molar-refractivity contribution >= 4 is 11.8 Å². The van der Waals surface area contributed by atoms with E-state index in [9.17, 15) is 9.59 Å². The molecule has 35 heavy (non-hydrogen) atoms. The van der Waals surface area contributed by atoms with Crippen LogP contribution in [-0.2, 0) is 22.6 Å². The largest absolute Gasteiger partial charge is 0.497 e. The fourth-order valence-corrected chi connectivity index (χ4v) is 3.83. The number of ether oxygens (including phenoxy) is 2. The summed E-state index contributed by atoms with van der Waals surface area (Å²) in [5, 5.41) is 2.98. The maximum Gasteiger partial charge on any atom is 0.261 e. The molecule has 0 saturated heterocycles. The van der Waals surface area contributed by atoms with Gasteiger partial charge in [0.05, 0.1) is 7.11 Å². The molecule has 3 aromatic carbocycles. The molecule has 184 valence electrons. The third kappa shape index (κ3) is 7.88. The standard InChI is InChI=1S/C29H34N2O4/c1-4-17-30-29(33)27(19-23-10-6-5-7-11-23)31(20-24-12-8-9-22(2)18-24)28(32)21-35-26-15-13-25(34-3)14-16-26/h5-16,18,27H,4,17,19-21H2,1-3H3,(H,30,33)/t27-/m0/s1. The van der Waals surface area contributed by atoms with Crippen LogP contribution in [0.1, 0.15) is 30.0 Å². The average molecular weight is 475 g/mol. The molecule has 1 atom stereocenters. The Bertz CT molecular complexity index is 1080. The highest BCUT2D eigenvalue weighted by Crippen LogP contribution is 2.19. The Morgan fingerprint density at radius 1 is 0.914 bits per heavy atom. The van der Waals surface area contributed by atoms with Gasteiger partial charge >= 0.3 is 0 Å². The fourth-order valence-electron chi connectivity index (χ4n) is 3.83. The van der Waals surface area contributed by atoms with E-state index in [2.05, 4.69) is 5.32 Å². The Hall–Kier alpha value is -3.80. The molecule has 0 spiro atoms. The van der Waals surface area contributed by atoms with E-state index in [1.807, 2.05) is 68.4 Å². The average Bonchev–Trinajstić information content (AvgIpc) is 2.88. The van der Waals surface area contributed by atoms with Crippen LogP contribution in [0.4, 0.5) is 0 Å². The van der Waals surface area contributed by atoms with E-state index in [-0.39, 0.29) is 18.4 Å². The number of carbonyl (C=O) groups is 2. The zero-order chi connectivity index (χ0) is 25.0. The molecule has 0 aliphatic heterocycles. The van der Waals surface area contributed by atoms with Crippen LogP contribution in [0, 0.1) is 6.92 Å². The highest BCUT2D eigenvalue weighted by molar-refractivity contribution is 5.88. The summed E-state index contributed by atoms with van der Waals surface area (Å²) >= 11 is 0. The van der Waals surface area contributed by atoms with Crippen molar-refractivity contribution in [1.29, 1.82) is 0 Å². The zero-order valence-electron chi connectivity index (χ0n) is 20.7. The van der Waals surface area contributed by atoms with E-state index >= 15 is 0 Å². The van der Waals surface area contributed by atoms with Crippen LogP contribution in [0.3, 0.4) is 0 Å². The van der Waals surface area contributed by atoms with E-state index in [1.54, 1.807) is 36.3 Å². The number of amides is 2. The lowest BCUT2D eigenvalue weighted by Gasteiger charge is -2.31. The van der Waals surface area contributed by atoms with Gasteiger partial charge in [-0.15, -0.1) is 0 Å². The van der Waals surface area contributed by atoms with Gasteiger partial charge in [0.25, 0.3) is 5.91 Å². The van der Waals surface area contributed by atoms with Crippen LogP contribution in [0.25, 0.3) is 0 Å². The Balaban J connectivity index is 1.87. The molecule has 1 N–H and O–H groups in total. The van der Waals surface area contributed by atoms with Gasteiger partial charge in [0.2, 0.25) is 5.91 Å². The molecule has 0 bridgehead atoms. The number of aryl methyl sites for hydroxylation is 1. The van der Waals surface area contributed by atoms with Gasteiger partial charge in [-0.2, -0.15) is 0 Å². The molecule has 0 aliphatic carbocycles. The molecule has 3 aromatic rings. The summed E-state index contributed by atoms with van der Waals surface area (Å²) in [7, 11) is 1.60. The van der Waals surface area contributed by atoms with Crippen molar-refractivity contribution in [2.45, 2.75) is 39.3 Å². The van der Waals surface area contributed by atoms with E-state index in [4.69, 9.17) is 9.47 Å². The summed E-state index contributed by atoms with van der Waals surface area (Å²) in [4.78, 5) is 28.5. The highest BCUT2D eigenvalue weighted by atomic mass is 16.5. The fraction of sp³-hybridized carbons (Fsp3) is 0.310. The van der Waals surface area contributed by atoms with Gasteiger partial charge in [-0.25, -0.2) is 0 Å². The monoisotopic (exact) mass is 474 g/mol. The van der Waals surface area contributed by atoms with Crippen molar-refractivity contribution in [3.8, 4) is 11.5 Å². The Kier molecular flexibility index (Phi) is 9.72. The van der Waals surface area contributed by atoms with Gasteiger partial charge in [0, 0.05) is 19.5 Å². The number of benzene rings is 3. The second kappa shape index (κ2) is 13.2. The molecule has 0 heterocycles. The van der Waals surface area contributed by atoms with Gasteiger partial charge in [-0.1, -0.05) is 67.1 Å². The Labute approximate surface area is 207 Å². The van der Waals surface area contributed by atoms with Gasteiger partial charge in [-0.3, -0.25) is 9.59 Å². The predicted octanol–water partition coefficient (Wildman–Crippen LogP) is 4.55. The number of hydrogen-bond donors (Lipinski definition) is 1. The summed E-state index contributed by atoms with van der Waals surface area (Å²) < 4.78 is 11.0. The van der Waals surface area contributed by atoms with E-state index < -0.39 is 6.04 Å². The number of rotatable bonds is 12. The lowest BCUT2D eigenvalue weighted by atomic mass is 10.0. The van der Waals surface area contributed by atoms with Gasteiger partial charge < -0.3 is 19.7 Å².